The van der Waals surface area contributed by atoms with Gasteiger partial charge in [-0.15, -0.1) is 11.3 Å². The molecule has 1 rings (SSSR count). The van der Waals surface area contributed by atoms with Crippen LogP contribution >= 0.6 is 11.3 Å². The van der Waals surface area contributed by atoms with Crippen molar-refractivity contribution in [1.82, 2.24) is 10.6 Å². The molecule has 1 aromatic rings. The van der Waals surface area contributed by atoms with Gasteiger partial charge in [-0.3, -0.25) is 4.21 Å². The molecule has 19 heavy (non-hydrogen) atoms. The number of hydrogen-bond donors (Lipinski definition) is 2. The zero-order chi connectivity index (χ0) is 14.5. The number of urea groups is 1. The van der Waals surface area contributed by atoms with Crippen LogP contribution in [-0.2, 0) is 10.8 Å². The molecule has 1 heterocycles. The Balaban J connectivity index is 2.59. The normalized spacial score (nSPS) is 14.7. The minimum absolute atomic E-state index is 0.0281. The van der Waals surface area contributed by atoms with E-state index in [0.717, 1.165) is 4.88 Å². The highest BCUT2D eigenvalue weighted by Crippen LogP contribution is 2.34. The molecular weight excluding hydrogens is 280 g/mol. The minimum atomic E-state index is -0.882. The van der Waals surface area contributed by atoms with E-state index in [4.69, 9.17) is 0 Å². The van der Waals surface area contributed by atoms with Crippen molar-refractivity contribution >= 4 is 28.2 Å². The fraction of sp³-hybridized carbons (Fsp3) is 0.615. The molecule has 0 saturated heterocycles. The Bertz CT molecular complexity index is 424. The zero-order valence-corrected chi connectivity index (χ0v) is 13.5. The highest BCUT2D eigenvalue weighted by molar-refractivity contribution is 7.84. The molecular formula is C13H22N2O2S2. The van der Waals surface area contributed by atoms with Crippen LogP contribution in [-0.4, -0.2) is 28.8 Å². The third kappa shape index (κ3) is 5.74. The average molecular weight is 302 g/mol. The van der Waals surface area contributed by atoms with Crippen molar-refractivity contribution in [3.8, 4) is 0 Å². The number of rotatable bonds is 5. The fourth-order valence-electron chi connectivity index (χ4n) is 1.66. The Morgan fingerprint density at radius 1 is 1.47 bits per heavy atom. The molecule has 0 aliphatic heterocycles. The summed E-state index contributed by atoms with van der Waals surface area (Å²) in [7, 11) is -0.882. The number of carbonyl (C=O) groups is 1. The quantitative estimate of drug-likeness (QED) is 0.878. The van der Waals surface area contributed by atoms with Crippen molar-refractivity contribution < 1.29 is 9.00 Å². The van der Waals surface area contributed by atoms with Gasteiger partial charge in [0.25, 0.3) is 0 Å². The first kappa shape index (κ1) is 16.2. The van der Waals surface area contributed by atoms with Crippen LogP contribution in [0.3, 0.4) is 0 Å². The van der Waals surface area contributed by atoms with Crippen LogP contribution < -0.4 is 10.6 Å². The second-order valence-corrected chi connectivity index (χ2v) is 8.03. The monoisotopic (exact) mass is 302 g/mol. The molecule has 0 aliphatic carbocycles. The molecule has 0 radical (unpaired) electrons. The van der Waals surface area contributed by atoms with Crippen molar-refractivity contribution in [1.29, 1.82) is 0 Å². The van der Waals surface area contributed by atoms with Crippen LogP contribution in [0, 0.1) is 5.41 Å². The number of thiophene rings is 1. The van der Waals surface area contributed by atoms with Crippen molar-refractivity contribution in [2.24, 2.45) is 5.41 Å². The lowest BCUT2D eigenvalue weighted by Crippen LogP contribution is -2.43. The van der Waals surface area contributed by atoms with Crippen molar-refractivity contribution in [2.75, 3.05) is 18.6 Å². The summed E-state index contributed by atoms with van der Waals surface area (Å²) in [5, 5.41) is 7.74. The molecule has 0 bridgehead atoms. The summed E-state index contributed by atoms with van der Waals surface area (Å²) in [6, 6.07) is 3.78. The molecule has 108 valence electrons. The standard InChI is InChI=1S/C13H22N2O2S2/c1-13(2,3)11(10-6-5-8-18-10)15-12(16)14-7-9-19(4)17/h5-6,8,11H,7,9H2,1-4H3,(H2,14,15,16)/t11-,19+/m1/s1. The lowest BCUT2D eigenvalue weighted by molar-refractivity contribution is 0.220. The van der Waals surface area contributed by atoms with Gasteiger partial charge in [-0.25, -0.2) is 4.79 Å². The molecule has 2 atom stereocenters. The van der Waals surface area contributed by atoms with Gasteiger partial charge in [-0.2, -0.15) is 0 Å². The molecule has 2 amide bonds. The van der Waals surface area contributed by atoms with E-state index >= 15 is 0 Å². The molecule has 1 aromatic heterocycles. The van der Waals surface area contributed by atoms with Gasteiger partial charge >= 0.3 is 6.03 Å². The molecule has 6 heteroatoms. The van der Waals surface area contributed by atoms with Crippen LogP contribution in [0.15, 0.2) is 17.5 Å². The van der Waals surface area contributed by atoms with E-state index < -0.39 is 10.8 Å². The van der Waals surface area contributed by atoms with E-state index in [0.29, 0.717) is 12.3 Å². The van der Waals surface area contributed by atoms with Gasteiger partial charge in [-0.1, -0.05) is 26.8 Å². The van der Waals surface area contributed by atoms with Crippen LogP contribution in [0.5, 0.6) is 0 Å². The largest absolute Gasteiger partial charge is 0.337 e. The highest BCUT2D eigenvalue weighted by Gasteiger charge is 2.28. The van der Waals surface area contributed by atoms with E-state index in [1.165, 1.54) is 0 Å². The second kappa shape index (κ2) is 7.05. The summed E-state index contributed by atoms with van der Waals surface area (Å²) < 4.78 is 10.9. The van der Waals surface area contributed by atoms with Crippen LogP contribution in [0.4, 0.5) is 4.79 Å². The van der Waals surface area contributed by atoms with Crippen LogP contribution in [0.2, 0.25) is 0 Å². The smallest absolute Gasteiger partial charge is 0.315 e. The van der Waals surface area contributed by atoms with E-state index in [2.05, 4.69) is 31.4 Å². The number of carbonyl (C=O) groups excluding carboxylic acids is 1. The Hall–Kier alpha value is -0.880. The van der Waals surface area contributed by atoms with Gasteiger partial charge in [0, 0.05) is 34.2 Å². The van der Waals surface area contributed by atoms with Crippen molar-refractivity contribution in [2.45, 2.75) is 26.8 Å². The lowest BCUT2D eigenvalue weighted by Gasteiger charge is -2.30. The van der Waals surface area contributed by atoms with E-state index in [9.17, 15) is 9.00 Å². The molecule has 0 spiro atoms. The summed E-state index contributed by atoms with van der Waals surface area (Å²) >= 11 is 1.64. The summed E-state index contributed by atoms with van der Waals surface area (Å²) in [4.78, 5) is 13.0. The van der Waals surface area contributed by atoms with Crippen LogP contribution in [0.1, 0.15) is 31.7 Å². The first-order valence-electron chi connectivity index (χ1n) is 6.18. The SMILES string of the molecule is C[S@](=O)CCNC(=O)N[C@H](c1cccs1)C(C)(C)C. The van der Waals surface area contributed by atoms with Gasteiger partial charge in [0.05, 0.1) is 6.04 Å². The number of amides is 2. The van der Waals surface area contributed by atoms with Gasteiger partial charge in [0.1, 0.15) is 0 Å². The van der Waals surface area contributed by atoms with Gasteiger partial charge in [0.2, 0.25) is 0 Å². The fourth-order valence-corrected chi connectivity index (χ4v) is 3.07. The minimum Gasteiger partial charge on any atom is -0.337 e. The first-order chi connectivity index (χ1) is 8.80. The number of hydrogen-bond acceptors (Lipinski definition) is 3. The summed E-state index contributed by atoms with van der Waals surface area (Å²) in [6.45, 7) is 6.71. The Morgan fingerprint density at radius 3 is 2.63 bits per heavy atom. The average Bonchev–Trinajstić information content (AvgIpc) is 2.76. The van der Waals surface area contributed by atoms with Gasteiger partial charge in [-0.05, 0) is 16.9 Å². The number of nitrogens with one attached hydrogen (secondary N) is 2. The highest BCUT2D eigenvalue weighted by atomic mass is 32.2. The molecule has 0 fully saturated rings. The molecule has 0 unspecified atom stereocenters. The molecule has 0 aromatic carbocycles. The van der Waals surface area contributed by atoms with Crippen LogP contribution in [0.25, 0.3) is 0 Å². The maximum atomic E-state index is 11.9. The third-order valence-electron chi connectivity index (χ3n) is 2.64. The maximum absolute atomic E-state index is 11.9. The molecule has 2 N–H and O–H groups in total. The molecule has 4 nitrogen and oxygen atoms in total. The van der Waals surface area contributed by atoms with E-state index in [-0.39, 0.29) is 17.5 Å². The van der Waals surface area contributed by atoms with Gasteiger partial charge in [0.15, 0.2) is 0 Å². The predicted octanol–water partition coefficient (Wildman–Crippen LogP) is 2.51. The van der Waals surface area contributed by atoms with Crippen molar-refractivity contribution in [3.63, 3.8) is 0 Å². The van der Waals surface area contributed by atoms with E-state index in [1.54, 1.807) is 17.6 Å². The Morgan fingerprint density at radius 2 is 2.16 bits per heavy atom. The van der Waals surface area contributed by atoms with E-state index in [1.807, 2.05) is 17.5 Å². The topological polar surface area (TPSA) is 58.2 Å². The summed E-state index contributed by atoms with van der Waals surface area (Å²) in [5.74, 6) is 0.479. The molecule has 0 aliphatic rings. The zero-order valence-electron chi connectivity index (χ0n) is 11.9. The second-order valence-electron chi connectivity index (χ2n) is 5.49. The summed E-state index contributed by atoms with van der Waals surface area (Å²) in [6.07, 6.45) is 1.63. The van der Waals surface area contributed by atoms with Gasteiger partial charge < -0.3 is 10.6 Å². The van der Waals surface area contributed by atoms with Crippen molar-refractivity contribution in [3.05, 3.63) is 22.4 Å². The predicted molar refractivity (Wildman–Crippen MR) is 82.0 cm³/mol. The summed E-state index contributed by atoms with van der Waals surface area (Å²) in [5.41, 5.74) is -0.0598. The Kier molecular flexibility index (Phi) is 6.00. The lowest BCUT2D eigenvalue weighted by atomic mass is 9.86. The molecule has 0 saturated carbocycles. The maximum Gasteiger partial charge on any atom is 0.315 e. The first-order valence-corrected chi connectivity index (χ1v) is 8.79. The Labute approximate surface area is 121 Å². The third-order valence-corrected chi connectivity index (χ3v) is 4.36.